The van der Waals surface area contributed by atoms with E-state index in [4.69, 9.17) is 4.74 Å². The number of carbonyl (C=O) groups excluding carboxylic acids is 1. The summed E-state index contributed by atoms with van der Waals surface area (Å²) in [6, 6.07) is 5.49. The van der Waals surface area contributed by atoms with E-state index in [-0.39, 0.29) is 12.5 Å². The standard InChI is InChI=1S/C13H15N5O2/c19-11(8-20-7-9-4-5-9)15-13-16-12(17-18-13)10-3-1-2-6-14-10/h1-3,6,9H,4-5,7-8H2,(H2,15,16,17,18,19). The van der Waals surface area contributed by atoms with Crippen molar-refractivity contribution in [2.24, 2.45) is 5.92 Å². The lowest BCUT2D eigenvalue weighted by Gasteiger charge is -2.02. The molecule has 0 aliphatic heterocycles. The molecule has 1 fully saturated rings. The van der Waals surface area contributed by atoms with E-state index >= 15 is 0 Å². The van der Waals surface area contributed by atoms with Gasteiger partial charge in [-0.1, -0.05) is 6.07 Å². The Balaban J connectivity index is 1.52. The molecule has 0 unspecified atom stereocenters. The zero-order valence-electron chi connectivity index (χ0n) is 10.9. The lowest BCUT2D eigenvalue weighted by Crippen LogP contribution is -2.19. The SMILES string of the molecule is O=C(COCC1CC1)Nc1nnc(-c2ccccn2)[nH]1. The van der Waals surface area contributed by atoms with E-state index in [0.29, 0.717) is 30.0 Å². The molecule has 0 bridgehead atoms. The number of carbonyl (C=O) groups is 1. The Morgan fingerprint density at radius 1 is 1.40 bits per heavy atom. The van der Waals surface area contributed by atoms with Gasteiger partial charge in [-0.05, 0) is 30.9 Å². The molecule has 2 aromatic heterocycles. The Kier molecular flexibility index (Phi) is 3.69. The molecule has 7 heteroatoms. The molecular weight excluding hydrogens is 258 g/mol. The van der Waals surface area contributed by atoms with E-state index in [1.54, 1.807) is 6.20 Å². The normalized spacial score (nSPS) is 14.2. The highest BCUT2D eigenvalue weighted by atomic mass is 16.5. The maximum absolute atomic E-state index is 11.6. The highest BCUT2D eigenvalue weighted by molar-refractivity contribution is 5.90. The Hall–Kier alpha value is -2.28. The number of hydrogen-bond donors (Lipinski definition) is 2. The van der Waals surface area contributed by atoms with Crippen molar-refractivity contribution in [1.29, 1.82) is 0 Å². The molecule has 7 nitrogen and oxygen atoms in total. The van der Waals surface area contributed by atoms with Crippen LogP contribution in [0.5, 0.6) is 0 Å². The third kappa shape index (κ3) is 3.39. The van der Waals surface area contributed by atoms with E-state index in [2.05, 4.69) is 25.5 Å². The van der Waals surface area contributed by atoms with Crippen molar-refractivity contribution >= 4 is 11.9 Å². The van der Waals surface area contributed by atoms with Crippen LogP contribution in [0.25, 0.3) is 11.5 Å². The number of anilines is 1. The Morgan fingerprint density at radius 2 is 2.30 bits per heavy atom. The van der Waals surface area contributed by atoms with Crippen LogP contribution in [0, 0.1) is 5.92 Å². The van der Waals surface area contributed by atoms with E-state index in [0.717, 1.165) is 0 Å². The first-order chi connectivity index (χ1) is 9.81. The topological polar surface area (TPSA) is 92.8 Å². The van der Waals surface area contributed by atoms with Gasteiger partial charge in [0.25, 0.3) is 5.91 Å². The molecular formula is C13H15N5O2. The second kappa shape index (κ2) is 5.79. The quantitative estimate of drug-likeness (QED) is 0.825. The van der Waals surface area contributed by atoms with Gasteiger partial charge in [0.15, 0.2) is 5.82 Å². The number of nitrogens with one attached hydrogen (secondary N) is 2. The first-order valence-electron chi connectivity index (χ1n) is 6.53. The number of ether oxygens (including phenoxy) is 1. The molecule has 2 heterocycles. The lowest BCUT2D eigenvalue weighted by atomic mass is 10.3. The summed E-state index contributed by atoms with van der Waals surface area (Å²) in [5.74, 6) is 1.21. The number of H-pyrrole nitrogens is 1. The van der Waals surface area contributed by atoms with Crippen LogP contribution in [0.15, 0.2) is 24.4 Å². The minimum atomic E-state index is -0.241. The van der Waals surface area contributed by atoms with Crippen molar-refractivity contribution < 1.29 is 9.53 Å². The minimum absolute atomic E-state index is 0.0378. The average molecular weight is 273 g/mol. The van der Waals surface area contributed by atoms with Gasteiger partial charge in [-0.2, -0.15) is 0 Å². The van der Waals surface area contributed by atoms with E-state index in [1.165, 1.54) is 12.8 Å². The molecule has 0 saturated heterocycles. The summed E-state index contributed by atoms with van der Waals surface area (Å²) in [6.07, 6.45) is 4.08. The summed E-state index contributed by atoms with van der Waals surface area (Å²) in [7, 11) is 0. The number of nitrogens with zero attached hydrogens (tertiary/aromatic N) is 3. The molecule has 1 saturated carbocycles. The van der Waals surface area contributed by atoms with Gasteiger partial charge < -0.3 is 9.72 Å². The van der Waals surface area contributed by atoms with Gasteiger partial charge in [-0.3, -0.25) is 15.1 Å². The number of amides is 1. The van der Waals surface area contributed by atoms with Crippen molar-refractivity contribution in [2.45, 2.75) is 12.8 Å². The smallest absolute Gasteiger partial charge is 0.252 e. The predicted octanol–water partition coefficient (Wildman–Crippen LogP) is 1.23. The summed E-state index contributed by atoms with van der Waals surface area (Å²) < 4.78 is 5.30. The number of aromatic amines is 1. The van der Waals surface area contributed by atoms with E-state index in [1.807, 2.05) is 18.2 Å². The first kappa shape index (κ1) is 12.7. The zero-order valence-corrected chi connectivity index (χ0v) is 10.9. The molecule has 0 aromatic carbocycles. The lowest BCUT2D eigenvalue weighted by molar-refractivity contribution is -0.120. The fraction of sp³-hybridized carbons (Fsp3) is 0.385. The Bertz CT molecular complexity index is 579. The molecule has 3 rings (SSSR count). The molecule has 2 aromatic rings. The van der Waals surface area contributed by atoms with Gasteiger partial charge in [0, 0.05) is 6.20 Å². The Labute approximate surface area is 115 Å². The van der Waals surface area contributed by atoms with Crippen molar-refractivity contribution in [3.63, 3.8) is 0 Å². The second-order valence-corrected chi connectivity index (χ2v) is 4.74. The summed E-state index contributed by atoms with van der Waals surface area (Å²) in [5.41, 5.74) is 0.672. The largest absolute Gasteiger partial charge is 0.371 e. The molecule has 0 atom stereocenters. The average Bonchev–Trinajstić information content (AvgIpc) is 3.17. The van der Waals surface area contributed by atoms with Gasteiger partial charge in [0.05, 0.1) is 6.61 Å². The molecule has 1 amide bonds. The third-order valence-electron chi connectivity index (χ3n) is 2.94. The molecule has 1 aliphatic carbocycles. The molecule has 20 heavy (non-hydrogen) atoms. The monoisotopic (exact) mass is 273 g/mol. The van der Waals surface area contributed by atoms with Gasteiger partial charge >= 0.3 is 0 Å². The van der Waals surface area contributed by atoms with Crippen molar-refractivity contribution in [3.05, 3.63) is 24.4 Å². The molecule has 104 valence electrons. The highest BCUT2D eigenvalue weighted by Gasteiger charge is 2.21. The number of pyridine rings is 1. The van der Waals surface area contributed by atoms with Crippen LogP contribution in [0.3, 0.4) is 0 Å². The van der Waals surface area contributed by atoms with Crippen LogP contribution in [0.2, 0.25) is 0 Å². The number of rotatable bonds is 6. The fourth-order valence-electron chi connectivity index (χ4n) is 1.71. The van der Waals surface area contributed by atoms with E-state index < -0.39 is 0 Å². The van der Waals surface area contributed by atoms with Crippen molar-refractivity contribution in [2.75, 3.05) is 18.5 Å². The van der Waals surface area contributed by atoms with Crippen LogP contribution >= 0.6 is 0 Å². The van der Waals surface area contributed by atoms with Gasteiger partial charge in [-0.25, -0.2) is 0 Å². The number of hydrogen-bond acceptors (Lipinski definition) is 5. The third-order valence-corrected chi connectivity index (χ3v) is 2.94. The molecule has 0 spiro atoms. The van der Waals surface area contributed by atoms with Crippen LogP contribution in [-0.2, 0) is 9.53 Å². The van der Waals surface area contributed by atoms with Crippen molar-refractivity contribution in [1.82, 2.24) is 20.2 Å². The highest BCUT2D eigenvalue weighted by Crippen LogP contribution is 2.28. The molecule has 1 aliphatic rings. The van der Waals surface area contributed by atoms with Gasteiger partial charge in [0.1, 0.15) is 12.3 Å². The van der Waals surface area contributed by atoms with Gasteiger partial charge in [0.2, 0.25) is 5.95 Å². The minimum Gasteiger partial charge on any atom is -0.371 e. The van der Waals surface area contributed by atoms with Crippen molar-refractivity contribution in [3.8, 4) is 11.5 Å². The Morgan fingerprint density at radius 3 is 3.05 bits per heavy atom. The first-order valence-corrected chi connectivity index (χ1v) is 6.53. The second-order valence-electron chi connectivity index (χ2n) is 4.74. The van der Waals surface area contributed by atoms with Crippen LogP contribution in [0.4, 0.5) is 5.95 Å². The molecule has 0 radical (unpaired) electrons. The summed E-state index contributed by atoms with van der Waals surface area (Å²) >= 11 is 0. The van der Waals surface area contributed by atoms with Crippen LogP contribution in [0.1, 0.15) is 12.8 Å². The molecule has 2 N–H and O–H groups in total. The van der Waals surface area contributed by atoms with Crippen LogP contribution < -0.4 is 5.32 Å². The summed E-state index contributed by atoms with van der Waals surface area (Å²) in [5, 5.41) is 10.4. The maximum Gasteiger partial charge on any atom is 0.252 e. The summed E-state index contributed by atoms with van der Waals surface area (Å²) in [4.78, 5) is 18.7. The summed E-state index contributed by atoms with van der Waals surface area (Å²) in [6.45, 7) is 0.694. The van der Waals surface area contributed by atoms with Crippen LogP contribution in [-0.4, -0.2) is 39.3 Å². The fourth-order valence-corrected chi connectivity index (χ4v) is 1.71. The number of aromatic nitrogens is 4. The zero-order chi connectivity index (χ0) is 13.8. The van der Waals surface area contributed by atoms with E-state index in [9.17, 15) is 4.79 Å². The maximum atomic E-state index is 11.6. The van der Waals surface area contributed by atoms with Gasteiger partial charge in [-0.15, -0.1) is 10.2 Å². The predicted molar refractivity (Wildman–Crippen MR) is 71.8 cm³/mol.